The Morgan fingerprint density at radius 3 is 2.33 bits per heavy atom. The van der Waals surface area contributed by atoms with Gasteiger partial charge in [0.2, 0.25) is 5.91 Å². The molecule has 2 aliphatic rings. The molecule has 2 atom stereocenters. The Bertz CT molecular complexity index is 250. The third kappa shape index (κ3) is 1.89. The molecule has 3 nitrogen and oxygen atoms in total. The van der Waals surface area contributed by atoms with Crippen LogP contribution >= 0.6 is 0 Å². The van der Waals surface area contributed by atoms with Crippen LogP contribution in [-0.2, 0) is 4.79 Å². The lowest BCUT2D eigenvalue weighted by Crippen LogP contribution is -2.40. The van der Waals surface area contributed by atoms with E-state index in [1.165, 1.54) is 0 Å². The van der Waals surface area contributed by atoms with E-state index in [1.807, 2.05) is 0 Å². The summed E-state index contributed by atoms with van der Waals surface area (Å²) < 4.78 is 0. The smallest absolute Gasteiger partial charge is 0.228 e. The topological polar surface area (TPSA) is 32.3 Å². The van der Waals surface area contributed by atoms with Crippen molar-refractivity contribution in [3.8, 4) is 0 Å². The fourth-order valence-corrected chi connectivity index (χ4v) is 2.60. The summed E-state index contributed by atoms with van der Waals surface area (Å²) in [7, 11) is 0. The Morgan fingerprint density at radius 2 is 1.87 bits per heavy atom. The number of likely N-dealkylation sites (tertiary alicyclic amines) is 1. The van der Waals surface area contributed by atoms with Crippen LogP contribution in [-0.4, -0.2) is 37.0 Å². The zero-order valence-electron chi connectivity index (χ0n) is 10.0. The van der Waals surface area contributed by atoms with Crippen molar-refractivity contribution in [2.75, 3.05) is 26.2 Å². The molecule has 0 saturated carbocycles. The summed E-state index contributed by atoms with van der Waals surface area (Å²) in [6, 6.07) is 0. The van der Waals surface area contributed by atoms with Crippen LogP contribution in [0.2, 0.25) is 0 Å². The monoisotopic (exact) mass is 210 g/mol. The third-order valence-electron chi connectivity index (χ3n) is 4.14. The Balaban J connectivity index is 1.99. The molecular formula is C12H22N2O. The van der Waals surface area contributed by atoms with E-state index < -0.39 is 0 Å². The second-order valence-electron chi connectivity index (χ2n) is 5.63. The van der Waals surface area contributed by atoms with Crippen LogP contribution < -0.4 is 5.32 Å². The van der Waals surface area contributed by atoms with Crippen molar-refractivity contribution in [3.63, 3.8) is 0 Å². The molecule has 0 spiro atoms. The maximum Gasteiger partial charge on any atom is 0.228 e. The summed E-state index contributed by atoms with van der Waals surface area (Å²) in [5.74, 6) is 1.77. The first-order valence-electron chi connectivity index (χ1n) is 6.04. The van der Waals surface area contributed by atoms with E-state index in [-0.39, 0.29) is 5.41 Å². The second kappa shape index (κ2) is 3.78. The molecule has 2 heterocycles. The average molecular weight is 210 g/mol. The van der Waals surface area contributed by atoms with E-state index in [0.717, 1.165) is 32.6 Å². The van der Waals surface area contributed by atoms with E-state index in [9.17, 15) is 4.79 Å². The van der Waals surface area contributed by atoms with E-state index >= 15 is 0 Å². The van der Waals surface area contributed by atoms with Crippen LogP contribution in [0.5, 0.6) is 0 Å². The lowest BCUT2D eigenvalue weighted by molar-refractivity contribution is -0.139. The minimum atomic E-state index is -0.175. The Hall–Kier alpha value is -0.570. The quantitative estimate of drug-likeness (QED) is 0.740. The largest absolute Gasteiger partial charge is 0.342 e. The van der Waals surface area contributed by atoms with Gasteiger partial charge in [0.1, 0.15) is 0 Å². The van der Waals surface area contributed by atoms with Gasteiger partial charge in [0.05, 0.1) is 0 Å². The van der Waals surface area contributed by atoms with E-state index in [2.05, 4.69) is 31.0 Å². The molecule has 2 saturated heterocycles. The van der Waals surface area contributed by atoms with Gasteiger partial charge in [0, 0.05) is 31.6 Å². The number of carbonyl (C=O) groups is 1. The summed E-state index contributed by atoms with van der Waals surface area (Å²) in [4.78, 5) is 14.3. The minimum absolute atomic E-state index is 0.175. The van der Waals surface area contributed by atoms with E-state index in [0.29, 0.717) is 17.7 Å². The molecule has 1 N–H and O–H groups in total. The lowest BCUT2D eigenvalue weighted by atomic mass is 9.88. The number of nitrogens with one attached hydrogen (secondary N) is 1. The predicted octanol–water partition coefficient (Wildman–Crippen LogP) is 1.10. The van der Waals surface area contributed by atoms with Crippen molar-refractivity contribution in [1.82, 2.24) is 10.2 Å². The van der Waals surface area contributed by atoms with Gasteiger partial charge in [-0.3, -0.25) is 4.79 Å². The van der Waals surface area contributed by atoms with Gasteiger partial charge < -0.3 is 10.2 Å². The van der Waals surface area contributed by atoms with E-state index in [1.54, 1.807) is 0 Å². The number of carbonyl (C=O) groups excluding carboxylic acids is 1. The summed E-state index contributed by atoms with van der Waals surface area (Å²) in [5.41, 5.74) is -0.175. The van der Waals surface area contributed by atoms with Crippen LogP contribution in [0.3, 0.4) is 0 Å². The maximum atomic E-state index is 12.2. The standard InChI is InChI=1S/C12H22N2O/c1-4-12(2,3)11(15)14-7-9-5-13-6-10(9)8-14/h9-10,13H,4-8H2,1-3H3. The van der Waals surface area contributed by atoms with Gasteiger partial charge in [-0.1, -0.05) is 20.8 Å². The van der Waals surface area contributed by atoms with Crippen molar-refractivity contribution in [3.05, 3.63) is 0 Å². The molecule has 2 rings (SSSR count). The van der Waals surface area contributed by atoms with Crippen LogP contribution in [0.15, 0.2) is 0 Å². The van der Waals surface area contributed by atoms with Crippen molar-refractivity contribution in [1.29, 1.82) is 0 Å². The molecule has 0 aromatic carbocycles. The normalized spacial score (nSPS) is 30.7. The highest BCUT2D eigenvalue weighted by atomic mass is 16.2. The Morgan fingerprint density at radius 1 is 1.33 bits per heavy atom. The van der Waals surface area contributed by atoms with Crippen molar-refractivity contribution >= 4 is 5.91 Å². The van der Waals surface area contributed by atoms with Gasteiger partial charge in [0.25, 0.3) is 0 Å². The van der Waals surface area contributed by atoms with Gasteiger partial charge in [-0.05, 0) is 18.3 Å². The van der Waals surface area contributed by atoms with Crippen LogP contribution in [0.1, 0.15) is 27.2 Å². The van der Waals surface area contributed by atoms with Gasteiger partial charge in [-0.15, -0.1) is 0 Å². The van der Waals surface area contributed by atoms with Crippen molar-refractivity contribution in [2.24, 2.45) is 17.3 Å². The van der Waals surface area contributed by atoms with Gasteiger partial charge >= 0.3 is 0 Å². The second-order valence-corrected chi connectivity index (χ2v) is 5.63. The predicted molar refractivity (Wildman–Crippen MR) is 60.5 cm³/mol. The van der Waals surface area contributed by atoms with Crippen molar-refractivity contribution in [2.45, 2.75) is 27.2 Å². The molecular weight excluding hydrogens is 188 g/mol. The highest BCUT2D eigenvalue weighted by Gasteiger charge is 2.41. The van der Waals surface area contributed by atoms with Gasteiger partial charge in [-0.2, -0.15) is 0 Å². The number of hydrogen-bond acceptors (Lipinski definition) is 2. The zero-order chi connectivity index (χ0) is 11.1. The molecule has 2 aliphatic heterocycles. The number of hydrogen-bond donors (Lipinski definition) is 1. The summed E-state index contributed by atoms with van der Waals surface area (Å²) >= 11 is 0. The fraction of sp³-hybridized carbons (Fsp3) is 0.917. The average Bonchev–Trinajstić information content (AvgIpc) is 2.75. The molecule has 0 aliphatic carbocycles. The molecule has 0 radical (unpaired) electrons. The molecule has 0 aromatic heterocycles. The number of fused-ring (bicyclic) bond motifs is 1. The zero-order valence-corrected chi connectivity index (χ0v) is 10.0. The number of rotatable bonds is 2. The molecule has 0 bridgehead atoms. The molecule has 86 valence electrons. The highest BCUT2D eigenvalue weighted by molar-refractivity contribution is 5.82. The molecule has 15 heavy (non-hydrogen) atoms. The maximum absolute atomic E-state index is 12.2. The summed E-state index contributed by atoms with van der Waals surface area (Å²) in [6.45, 7) is 10.3. The summed E-state index contributed by atoms with van der Waals surface area (Å²) in [5, 5.41) is 3.40. The van der Waals surface area contributed by atoms with Crippen LogP contribution in [0.25, 0.3) is 0 Å². The molecule has 0 aromatic rings. The third-order valence-corrected chi connectivity index (χ3v) is 4.14. The highest BCUT2D eigenvalue weighted by Crippen LogP contribution is 2.31. The van der Waals surface area contributed by atoms with Crippen LogP contribution in [0, 0.1) is 17.3 Å². The van der Waals surface area contributed by atoms with Crippen molar-refractivity contribution < 1.29 is 4.79 Å². The SMILES string of the molecule is CCC(C)(C)C(=O)N1CC2CNCC2C1. The minimum Gasteiger partial charge on any atom is -0.342 e. The molecule has 2 fully saturated rings. The molecule has 2 unspecified atom stereocenters. The number of nitrogens with zero attached hydrogens (tertiary/aromatic N) is 1. The first kappa shape index (κ1) is 10.9. The van der Waals surface area contributed by atoms with E-state index in [4.69, 9.17) is 0 Å². The summed E-state index contributed by atoms with van der Waals surface area (Å²) in [6.07, 6.45) is 0.927. The first-order chi connectivity index (χ1) is 7.04. The van der Waals surface area contributed by atoms with Crippen LogP contribution in [0.4, 0.5) is 0 Å². The Labute approximate surface area is 92.2 Å². The molecule has 1 amide bonds. The Kier molecular flexibility index (Phi) is 2.75. The van der Waals surface area contributed by atoms with Gasteiger partial charge in [0.15, 0.2) is 0 Å². The fourth-order valence-electron chi connectivity index (χ4n) is 2.60. The molecule has 3 heteroatoms. The number of amides is 1. The lowest BCUT2D eigenvalue weighted by Gasteiger charge is -2.28. The first-order valence-corrected chi connectivity index (χ1v) is 6.04. The van der Waals surface area contributed by atoms with Gasteiger partial charge in [-0.25, -0.2) is 0 Å².